The van der Waals surface area contributed by atoms with Gasteiger partial charge in [0.1, 0.15) is 17.7 Å². The molecule has 3 rings (SSSR count). The number of nitrogens with one attached hydrogen (secondary N) is 4. The molecule has 1 atom stereocenters. The molecule has 0 radical (unpaired) electrons. The highest BCUT2D eigenvalue weighted by molar-refractivity contribution is 5.98. The van der Waals surface area contributed by atoms with Crippen molar-refractivity contribution in [3.63, 3.8) is 0 Å². The molecular weight excluding hydrogens is 564 g/mol. The van der Waals surface area contributed by atoms with Gasteiger partial charge in [0.15, 0.2) is 5.96 Å². The molecule has 6 nitrogen and oxygen atoms in total. The van der Waals surface area contributed by atoms with Gasteiger partial charge in [0.05, 0.1) is 17.5 Å². The Labute approximate surface area is 230 Å². The average Bonchev–Trinajstić information content (AvgIpc) is 2.88. The summed E-state index contributed by atoms with van der Waals surface area (Å²) in [5, 5.41) is 15.3. The molecule has 1 aliphatic rings. The van der Waals surface area contributed by atoms with Gasteiger partial charge in [0.2, 0.25) is 11.8 Å². The molecule has 0 aliphatic heterocycles. The van der Waals surface area contributed by atoms with Crippen molar-refractivity contribution in [1.82, 2.24) is 16.0 Å². The van der Waals surface area contributed by atoms with Gasteiger partial charge in [-0.3, -0.25) is 20.3 Å². The molecule has 224 valence electrons. The molecule has 2 aromatic rings. The van der Waals surface area contributed by atoms with Crippen LogP contribution in [0, 0.1) is 23.0 Å². The maximum Gasteiger partial charge on any atom is 0.419 e. The third-order valence-corrected chi connectivity index (χ3v) is 6.70. The van der Waals surface area contributed by atoms with Crippen molar-refractivity contribution in [2.24, 2.45) is 5.92 Å². The van der Waals surface area contributed by atoms with Crippen molar-refractivity contribution in [1.29, 1.82) is 5.41 Å². The van der Waals surface area contributed by atoms with Crippen molar-refractivity contribution in [2.45, 2.75) is 69.9 Å². The van der Waals surface area contributed by atoms with Crippen LogP contribution < -0.4 is 16.0 Å². The van der Waals surface area contributed by atoms with E-state index in [1.165, 1.54) is 0 Å². The molecule has 4 N–H and O–H groups in total. The van der Waals surface area contributed by atoms with Gasteiger partial charge in [0.25, 0.3) is 0 Å². The second-order valence-electron chi connectivity index (χ2n) is 9.88. The van der Waals surface area contributed by atoms with Gasteiger partial charge in [-0.1, -0.05) is 44.2 Å². The standard InChI is InChI=1S/C27H28F8N4O2/c28-20-8-6-16(10-18(20)26(30,31)32)13-23(40)39-25(36)38-22(12-15-4-2-1-3-5-15)24(41)37-14-17-7-9-21(29)19(11-17)27(33,34)35/h6-11,15,22H,1-5,12-14H2,(H,37,41)(H3,36,38,39,40)/t22-/m1/s1. The molecule has 0 heterocycles. The fourth-order valence-corrected chi connectivity index (χ4v) is 4.68. The highest BCUT2D eigenvalue weighted by atomic mass is 19.4. The number of carbonyl (C=O) groups is 2. The van der Waals surface area contributed by atoms with E-state index in [4.69, 9.17) is 5.41 Å². The highest BCUT2D eigenvalue weighted by Crippen LogP contribution is 2.33. The number of carbonyl (C=O) groups excluding carboxylic acids is 2. The third kappa shape index (κ3) is 9.42. The largest absolute Gasteiger partial charge is 0.419 e. The van der Waals surface area contributed by atoms with Gasteiger partial charge in [-0.15, -0.1) is 0 Å². The molecule has 0 unspecified atom stereocenters. The summed E-state index contributed by atoms with van der Waals surface area (Å²) in [6.07, 6.45) is -5.75. The first-order chi connectivity index (χ1) is 19.1. The Hall–Kier alpha value is -3.71. The summed E-state index contributed by atoms with van der Waals surface area (Å²) < 4.78 is 105. The topological polar surface area (TPSA) is 94.1 Å². The van der Waals surface area contributed by atoms with Gasteiger partial charge in [-0.05, 0) is 47.7 Å². The Kier molecular flexibility index (Phi) is 10.3. The van der Waals surface area contributed by atoms with E-state index >= 15 is 0 Å². The Bertz CT molecular complexity index is 1260. The van der Waals surface area contributed by atoms with Crippen molar-refractivity contribution in [2.75, 3.05) is 0 Å². The zero-order chi connectivity index (χ0) is 30.4. The lowest BCUT2D eigenvalue weighted by molar-refractivity contribution is -0.140. The molecule has 41 heavy (non-hydrogen) atoms. The first-order valence-electron chi connectivity index (χ1n) is 12.8. The van der Waals surface area contributed by atoms with E-state index in [9.17, 15) is 44.7 Å². The number of hydrogen-bond donors (Lipinski definition) is 4. The van der Waals surface area contributed by atoms with E-state index in [2.05, 4.69) is 16.0 Å². The summed E-state index contributed by atoms with van der Waals surface area (Å²) in [7, 11) is 0. The maximum atomic E-state index is 13.6. The molecule has 1 aliphatic carbocycles. The number of benzene rings is 2. The van der Waals surface area contributed by atoms with Crippen LogP contribution in [0.4, 0.5) is 35.1 Å². The molecule has 1 fully saturated rings. The minimum Gasteiger partial charge on any atom is -0.350 e. The quantitative estimate of drug-likeness (QED) is 0.176. The van der Waals surface area contributed by atoms with Gasteiger partial charge in [-0.2, -0.15) is 26.3 Å². The lowest BCUT2D eigenvalue weighted by atomic mass is 9.84. The van der Waals surface area contributed by atoms with Crippen molar-refractivity contribution < 1.29 is 44.7 Å². The van der Waals surface area contributed by atoms with E-state index < -0.39 is 65.4 Å². The van der Waals surface area contributed by atoms with Crippen LogP contribution >= 0.6 is 0 Å². The van der Waals surface area contributed by atoms with Gasteiger partial charge in [-0.25, -0.2) is 8.78 Å². The zero-order valence-electron chi connectivity index (χ0n) is 21.6. The zero-order valence-corrected chi connectivity index (χ0v) is 21.6. The maximum absolute atomic E-state index is 13.6. The van der Waals surface area contributed by atoms with Crippen LogP contribution in [-0.4, -0.2) is 23.8 Å². The van der Waals surface area contributed by atoms with Crippen LogP contribution in [0.1, 0.15) is 60.8 Å². The van der Waals surface area contributed by atoms with E-state index in [0.717, 1.165) is 44.2 Å². The Morgan fingerprint density at radius 3 is 1.95 bits per heavy atom. The molecule has 0 saturated heterocycles. The first-order valence-corrected chi connectivity index (χ1v) is 12.8. The normalized spacial score (nSPS) is 15.2. The Morgan fingerprint density at radius 2 is 1.39 bits per heavy atom. The summed E-state index contributed by atoms with van der Waals surface area (Å²) in [6, 6.07) is 3.32. The van der Waals surface area contributed by atoms with E-state index in [0.29, 0.717) is 24.3 Å². The summed E-state index contributed by atoms with van der Waals surface area (Å²) in [5.74, 6) is -5.05. The monoisotopic (exact) mass is 592 g/mol. The number of guanidine groups is 1. The van der Waals surface area contributed by atoms with Crippen LogP contribution in [0.5, 0.6) is 0 Å². The third-order valence-electron chi connectivity index (χ3n) is 6.70. The summed E-state index contributed by atoms with van der Waals surface area (Å²) in [4.78, 5) is 25.4. The average molecular weight is 593 g/mol. The molecule has 0 bridgehead atoms. The molecule has 1 saturated carbocycles. The number of halogens is 8. The number of rotatable bonds is 8. The Morgan fingerprint density at radius 1 is 0.854 bits per heavy atom. The Balaban J connectivity index is 1.65. The van der Waals surface area contributed by atoms with E-state index in [1.807, 2.05) is 0 Å². The minimum atomic E-state index is -4.97. The van der Waals surface area contributed by atoms with Crippen LogP contribution in [0.3, 0.4) is 0 Å². The molecule has 14 heteroatoms. The summed E-state index contributed by atoms with van der Waals surface area (Å²) in [6.45, 7) is -0.364. The van der Waals surface area contributed by atoms with Crippen molar-refractivity contribution in [3.8, 4) is 0 Å². The molecular formula is C27H28F8N4O2. The lowest BCUT2D eigenvalue weighted by Crippen LogP contribution is -2.52. The molecule has 0 spiro atoms. The van der Waals surface area contributed by atoms with Gasteiger partial charge in [0, 0.05) is 6.54 Å². The van der Waals surface area contributed by atoms with Gasteiger partial charge >= 0.3 is 12.4 Å². The van der Waals surface area contributed by atoms with Crippen LogP contribution in [0.15, 0.2) is 36.4 Å². The second kappa shape index (κ2) is 13.3. The summed E-state index contributed by atoms with van der Waals surface area (Å²) in [5.41, 5.74) is -3.18. The van der Waals surface area contributed by atoms with Crippen LogP contribution in [0.2, 0.25) is 0 Å². The smallest absolute Gasteiger partial charge is 0.350 e. The van der Waals surface area contributed by atoms with E-state index in [1.54, 1.807) is 0 Å². The van der Waals surface area contributed by atoms with Crippen molar-refractivity contribution >= 4 is 17.8 Å². The van der Waals surface area contributed by atoms with E-state index in [-0.39, 0.29) is 30.0 Å². The fraction of sp³-hybridized carbons (Fsp3) is 0.444. The van der Waals surface area contributed by atoms with Crippen LogP contribution in [0.25, 0.3) is 0 Å². The predicted octanol–water partition coefficient (Wildman–Crippen LogP) is 5.84. The summed E-state index contributed by atoms with van der Waals surface area (Å²) >= 11 is 0. The molecule has 0 aromatic heterocycles. The second-order valence-corrected chi connectivity index (χ2v) is 9.88. The van der Waals surface area contributed by atoms with Gasteiger partial charge < -0.3 is 10.6 Å². The molecule has 2 amide bonds. The number of hydrogen-bond acceptors (Lipinski definition) is 3. The fourth-order valence-electron chi connectivity index (χ4n) is 4.68. The number of amides is 2. The lowest BCUT2D eigenvalue weighted by Gasteiger charge is -2.27. The first kappa shape index (κ1) is 31.8. The van der Waals surface area contributed by atoms with Crippen LogP contribution in [-0.2, 0) is 34.9 Å². The molecule has 2 aromatic carbocycles. The van der Waals surface area contributed by atoms with Crippen molar-refractivity contribution in [3.05, 3.63) is 70.3 Å². The minimum absolute atomic E-state index is 0.00982. The predicted molar refractivity (Wildman–Crippen MR) is 132 cm³/mol. The SMILES string of the molecule is N=C(NC(=O)Cc1ccc(F)c(C(F)(F)F)c1)N[C@H](CC1CCCCC1)C(=O)NCc1ccc(F)c(C(F)(F)F)c1. The highest BCUT2D eigenvalue weighted by Gasteiger charge is 2.35. The number of alkyl halides is 6.